The van der Waals surface area contributed by atoms with Crippen molar-refractivity contribution in [2.24, 2.45) is 40.4 Å². The summed E-state index contributed by atoms with van der Waals surface area (Å²) in [6.07, 6.45) is 4.22. The lowest BCUT2D eigenvalue weighted by Gasteiger charge is -2.62. The molecule has 5 rings (SSSR count). The highest BCUT2D eigenvalue weighted by atomic mass is 32.1. The lowest BCUT2D eigenvalue weighted by molar-refractivity contribution is -0.233. The van der Waals surface area contributed by atoms with Crippen LogP contribution in [0, 0.1) is 40.4 Å². The Morgan fingerprint density at radius 3 is 2.56 bits per heavy atom. The Morgan fingerprint density at radius 2 is 1.91 bits per heavy atom. The number of thiocarbonyl (C=S) groups is 1. The second-order valence-electron chi connectivity index (χ2n) is 11.6. The van der Waals surface area contributed by atoms with E-state index in [-0.39, 0.29) is 52.9 Å². The summed E-state index contributed by atoms with van der Waals surface area (Å²) in [5.41, 5.74) is -4.05. The molecule has 9 atom stereocenters. The number of aliphatic hydroxyl groups excluding tert-OH is 1. The summed E-state index contributed by atoms with van der Waals surface area (Å²) in [6, 6.07) is 0. The van der Waals surface area contributed by atoms with Crippen LogP contribution in [-0.2, 0) is 19.4 Å². The van der Waals surface area contributed by atoms with Gasteiger partial charge in [0.15, 0.2) is 11.5 Å². The summed E-state index contributed by atoms with van der Waals surface area (Å²) < 4.78 is 32.6. The van der Waals surface area contributed by atoms with Gasteiger partial charge in [-0.2, -0.15) is 0 Å². The van der Waals surface area contributed by atoms with Gasteiger partial charge in [-0.1, -0.05) is 26.3 Å². The molecule has 0 amide bonds. The molecule has 8 heteroatoms. The third-order valence-electron chi connectivity index (χ3n) is 9.87. The van der Waals surface area contributed by atoms with Crippen molar-refractivity contribution in [1.82, 2.24) is 0 Å². The average molecular weight is 495 g/mol. The van der Waals surface area contributed by atoms with Gasteiger partial charge in [0.2, 0.25) is 5.05 Å². The van der Waals surface area contributed by atoms with Crippen molar-refractivity contribution in [3.8, 4) is 0 Å². The second kappa shape index (κ2) is 7.92. The van der Waals surface area contributed by atoms with Gasteiger partial charge in [-0.3, -0.25) is 9.68 Å². The van der Waals surface area contributed by atoms with Gasteiger partial charge < -0.3 is 5.11 Å². The van der Waals surface area contributed by atoms with Crippen molar-refractivity contribution in [2.75, 3.05) is 0 Å². The maximum atomic E-state index is 17.1. The summed E-state index contributed by atoms with van der Waals surface area (Å²) in [4.78, 5) is 34.4. The molecule has 4 fully saturated rings. The molecule has 0 unspecified atom stereocenters. The fraction of sp³-hybridized carbons (Fsp3) is 0.731. The number of aliphatic hydroxyl groups is 1. The molecule has 0 radical (unpaired) electrons. The van der Waals surface area contributed by atoms with E-state index in [1.807, 2.05) is 13.8 Å². The fourth-order valence-corrected chi connectivity index (χ4v) is 8.45. The van der Waals surface area contributed by atoms with Gasteiger partial charge in [-0.05, 0) is 86.2 Å². The van der Waals surface area contributed by atoms with Crippen molar-refractivity contribution in [3.63, 3.8) is 0 Å². The highest BCUT2D eigenvalue weighted by molar-refractivity contribution is 7.80. The molecule has 0 aliphatic heterocycles. The van der Waals surface area contributed by atoms with Crippen LogP contribution in [-0.4, -0.2) is 39.9 Å². The summed E-state index contributed by atoms with van der Waals surface area (Å²) in [6.45, 7) is 5.54. The smallest absolute Gasteiger partial charge is 0.358 e. The third kappa shape index (κ3) is 3.13. The van der Waals surface area contributed by atoms with Crippen molar-refractivity contribution in [1.29, 1.82) is 0 Å². The Bertz CT molecular complexity index is 992. The van der Waals surface area contributed by atoms with E-state index in [1.54, 1.807) is 6.92 Å². The largest absolute Gasteiger partial charge is 0.390 e. The van der Waals surface area contributed by atoms with Crippen LogP contribution in [0.4, 0.5) is 8.78 Å². The molecule has 5 nitrogen and oxygen atoms in total. The van der Waals surface area contributed by atoms with Crippen LogP contribution in [0.15, 0.2) is 23.8 Å². The molecule has 5 aliphatic rings. The monoisotopic (exact) mass is 494 g/mol. The molecule has 1 N–H and O–H groups in total. The molecule has 186 valence electrons. The summed E-state index contributed by atoms with van der Waals surface area (Å²) in [7, 11) is 0. The lowest BCUT2D eigenvalue weighted by atomic mass is 9.45. The van der Waals surface area contributed by atoms with Gasteiger partial charge in [0, 0.05) is 17.3 Å². The first-order chi connectivity index (χ1) is 15.9. The molecule has 0 aromatic carbocycles. The van der Waals surface area contributed by atoms with E-state index in [0.717, 1.165) is 19.3 Å². The normalized spacial score (nSPS) is 47.6. The van der Waals surface area contributed by atoms with Gasteiger partial charge in [-0.15, -0.1) is 0 Å². The number of hydrogen-bond donors (Lipinski definition) is 1. The van der Waals surface area contributed by atoms with Gasteiger partial charge in [0.25, 0.3) is 0 Å². The molecule has 4 saturated carbocycles. The number of fused-ring (bicyclic) bond motifs is 5. The van der Waals surface area contributed by atoms with E-state index in [1.165, 1.54) is 18.2 Å². The number of hydrogen-bond acceptors (Lipinski definition) is 6. The Hall–Kier alpha value is -1.67. The predicted molar refractivity (Wildman–Crippen MR) is 124 cm³/mol. The number of rotatable bonds is 2. The Labute approximate surface area is 203 Å². The zero-order valence-corrected chi connectivity index (χ0v) is 20.6. The van der Waals surface area contributed by atoms with Crippen molar-refractivity contribution < 1.29 is 33.3 Å². The molecule has 0 heterocycles. The molecular weight excluding hydrogens is 462 g/mol. The Kier molecular flexibility index (Phi) is 5.60. The second-order valence-corrected chi connectivity index (χ2v) is 12.0. The number of alkyl halides is 2. The summed E-state index contributed by atoms with van der Waals surface area (Å²) >= 11 is 5.55. The van der Waals surface area contributed by atoms with Crippen molar-refractivity contribution in [3.05, 3.63) is 23.8 Å². The molecule has 0 aromatic rings. The topological polar surface area (TPSA) is 72.8 Å². The molecule has 0 bridgehead atoms. The summed E-state index contributed by atoms with van der Waals surface area (Å²) in [5.74, 6) is -2.33. The number of carbonyl (C=O) groups is 2. The van der Waals surface area contributed by atoms with Gasteiger partial charge in [0.05, 0.1) is 12.0 Å². The van der Waals surface area contributed by atoms with Gasteiger partial charge in [-0.25, -0.2) is 18.5 Å². The molecule has 0 aromatic heterocycles. The van der Waals surface area contributed by atoms with Gasteiger partial charge >= 0.3 is 5.97 Å². The Balaban J connectivity index is 1.44. The van der Waals surface area contributed by atoms with Crippen LogP contribution in [0.3, 0.4) is 0 Å². The van der Waals surface area contributed by atoms with Crippen LogP contribution in [0.1, 0.15) is 59.3 Å². The standard InChI is InChI=1S/C26H32F2O5S/c1-13-9-16-17-11-19(27)18-10-15(29)7-8-25(18,3)26(17,28)20(30)12-24(16,2)21(13)23(34)33-32-22(31)14-5-4-6-14/h7-8,10,13-14,16-17,19-21,30H,4-6,9,11-12H2,1-3H3/t13-,16+,17+,19+,20+,21-,24+,25+,26+/m1/s1. The maximum Gasteiger partial charge on any atom is 0.358 e. The van der Waals surface area contributed by atoms with Crippen molar-refractivity contribution in [2.45, 2.75) is 77.2 Å². The highest BCUT2D eigenvalue weighted by Gasteiger charge is 2.73. The van der Waals surface area contributed by atoms with Crippen LogP contribution in [0.2, 0.25) is 0 Å². The fourth-order valence-electron chi connectivity index (χ4n) is 7.92. The van der Waals surface area contributed by atoms with Crippen LogP contribution in [0.5, 0.6) is 0 Å². The first-order valence-electron chi connectivity index (χ1n) is 12.3. The number of allylic oxidation sites excluding steroid dienone is 4. The molecule has 34 heavy (non-hydrogen) atoms. The van der Waals surface area contributed by atoms with Crippen LogP contribution >= 0.6 is 12.2 Å². The molecule has 5 aliphatic carbocycles. The van der Waals surface area contributed by atoms with E-state index < -0.39 is 40.7 Å². The quantitative estimate of drug-likeness (QED) is 0.339. The predicted octanol–water partition coefficient (Wildman–Crippen LogP) is 4.77. The molecule has 0 spiro atoms. The van der Waals surface area contributed by atoms with E-state index in [4.69, 9.17) is 22.0 Å². The minimum Gasteiger partial charge on any atom is -0.390 e. The first kappa shape index (κ1) is 24.0. The lowest BCUT2D eigenvalue weighted by Crippen LogP contribution is -2.68. The number of carbonyl (C=O) groups excluding carboxylic acids is 2. The SMILES string of the molecule is C[C@@H]1C[C@H]2[C@@H]3C[C@H](F)C4=CC(=O)C=C[C@]4(C)[C@@]3(F)[C@@H](O)C[C@]2(C)[C@H]1C(=S)OOC(=O)C1CCC1. The zero-order chi connectivity index (χ0) is 24.6. The summed E-state index contributed by atoms with van der Waals surface area (Å²) in [5, 5.41) is 11.5. The minimum absolute atomic E-state index is 0.0225. The number of halogens is 2. The first-order valence-corrected chi connectivity index (χ1v) is 12.7. The van der Waals surface area contributed by atoms with Gasteiger partial charge in [0.1, 0.15) is 6.17 Å². The van der Waals surface area contributed by atoms with E-state index in [2.05, 4.69) is 0 Å². The minimum atomic E-state index is -2.11. The highest BCUT2D eigenvalue weighted by Crippen LogP contribution is 2.70. The van der Waals surface area contributed by atoms with E-state index in [0.29, 0.717) is 6.42 Å². The third-order valence-corrected chi connectivity index (χ3v) is 10.2. The van der Waals surface area contributed by atoms with Crippen LogP contribution < -0.4 is 0 Å². The average Bonchev–Trinajstić information content (AvgIpc) is 2.98. The van der Waals surface area contributed by atoms with E-state index >= 15 is 8.78 Å². The zero-order valence-electron chi connectivity index (χ0n) is 19.8. The molecular formula is C26H32F2O5S. The Morgan fingerprint density at radius 1 is 1.21 bits per heavy atom. The van der Waals surface area contributed by atoms with Crippen LogP contribution in [0.25, 0.3) is 0 Å². The van der Waals surface area contributed by atoms with E-state index in [9.17, 15) is 14.7 Å². The molecule has 0 saturated heterocycles. The maximum absolute atomic E-state index is 17.1. The number of ketones is 1. The van der Waals surface area contributed by atoms with Crippen molar-refractivity contribution >= 4 is 29.0 Å².